The Morgan fingerprint density at radius 3 is 1.54 bits per heavy atom. The third-order valence-corrected chi connectivity index (χ3v) is 17.3. The molecule has 2 aliphatic heterocycles. The lowest BCUT2D eigenvalue weighted by atomic mass is 10.0. The van der Waals surface area contributed by atoms with Crippen molar-refractivity contribution in [1.82, 2.24) is 33.9 Å². The van der Waals surface area contributed by atoms with Gasteiger partial charge in [-0.3, -0.25) is 12.9 Å². The molecular formula is C48H52N12O8S4. The molecule has 72 heavy (non-hydrogen) atoms. The number of hydrogen-bond donors (Lipinski definition) is 3. The summed E-state index contributed by atoms with van der Waals surface area (Å²) in [5.41, 5.74) is 10.2. The molecule has 0 amide bonds. The van der Waals surface area contributed by atoms with Crippen LogP contribution in [0.4, 0.5) is 40.3 Å². The average molecular weight is 1050 g/mol. The summed E-state index contributed by atoms with van der Waals surface area (Å²) in [5.74, 6) is 0.479. The van der Waals surface area contributed by atoms with E-state index in [1.807, 2.05) is 72.8 Å². The Bertz CT molecular complexity index is 3840. The minimum Gasteiger partial charge on any atom is -0.323 e. The number of anilines is 7. The van der Waals surface area contributed by atoms with Crippen molar-refractivity contribution in [3.05, 3.63) is 138 Å². The van der Waals surface area contributed by atoms with Crippen LogP contribution < -0.4 is 28.3 Å². The molecule has 0 spiro atoms. The molecule has 10 rings (SSSR count). The highest BCUT2D eigenvalue weighted by Gasteiger charge is 2.26. The van der Waals surface area contributed by atoms with Crippen molar-refractivity contribution >= 4 is 91.5 Å². The van der Waals surface area contributed by atoms with Crippen LogP contribution in [0.15, 0.2) is 122 Å². The lowest BCUT2D eigenvalue weighted by molar-refractivity contribution is 0.586. The van der Waals surface area contributed by atoms with Crippen molar-refractivity contribution in [2.75, 3.05) is 69.5 Å². The Morgan fingerprint density at radius 2 is 1.06 bits per heavy atom. The van der Waals surface area contributed by atoms with E-state index in [1.54, 1.807) is 57.8 Å². The van der Waals surface area contributed by atoms with Gasteiger partial charge in [0.25, 0.3) is 0 Å². The van der Waals surface area contributed by atoms with Gasteiger partial charge in [-0.1, -0.05) is 54.6 Å². The number of rotatable bonds is 13. The topological polar surface area (TPSA) is 243 Å². The number of hydrogen-bond acceptors (Lipinski definition) is 14. The molecule has 0 aliphatic carbocycles. The summed E-state index contributed by atoms with van der Waals surface area (Å²) in [7, 11) is -10.8. The van der Waals surface area contributed by atoms with Gasteiger partial charge in [0.05, 0.1) is 76.4 Å². The fourth-order valence-corrected chi connectivity index (χ4v) is 12.1. The zero-order valence-electron chi connectivity index (χ0n) is 39.9. The molecule has 8 aromatic rings. The molecule has 0 saturated heterocycles. The standard InChI is InChI=1S/2C24H26N6O4S2/c1-28(35(2,31)32)21-9-5-4-8-20(21)22-13-12-19-16-25-24(27-30(19)22)26-18-11-10-17-7-6-14-29(23(17)15-18)36(3,33)34;1-25-36(33,34)16-18-6-3-4-8-21(18)22-12-11-20-15-26-24(28-30(20)22)27-19-10-9-17-7-5-13-29(23(17)14-19)35(2,31)32/h4-5,8-13,15-16H,6-7,14H2,1-3H3,(H,26,27);3-4,6,8-12,14-15,25H,5,7,13,16H2,1-2H3,(H,27,28). The zero-order valence-corrected chi connectivity index (χ0v) is 43.2. The Morgan fingerprint density at radius 1 is 0.583 bits per heavy atom. The summed E-state index contributed by atoms with van der Waals surface area (Å²) in [6, 6.07) is 33.2. The molecule has 4 aromatic carbocycles. The van der Waals surface area contributed by atoms with Gasteiger partial charge in [0, 0.05) is 42.6 Å². The summed E-state index contributed by atoms with van der Waals surface area (Å²) in [4.78, 5) is 8.81. The van der Waals surface area contributed by atoms with Crippen LogP contribution in [0.5, 0.6) is 0 Å². The number of nitrogens with one attached hydrogen (secondary N) is 3. The number of sulfonamides is 4. The van der Waals surface area contributed by atoms with E-state index >= 15 is 0 Å². The molecule has 6 heterocycles. The number of benzene rings is 4. The molecular weight excluding hydrogens is 1000 g/mol. The lowest BCUT2D eigenvalue weighted by Gasteiger charge is -2.29. The summed E-state index contributed by atoms with van der Waals surface area (Å²) in [6.07, 6.45) is 10.1. The summed E-state index contributed by atoms with van der Waals surface area (Å²) in [5, 5.41) is 15.6. The van der Waals surface area contributed by atoms with Gasteiger partial charge in [-0.15, -0.1) is 10.2 Å². The average Bonchev–Trinajstić information content (AvgIpc) is 3.97. The minimum atomic E-state index is -3.46. The molecule has 3 N–H and O–H groups in total. The van der Waals surface area contributed by atoms with Crippen molar-refractivity contribution in [2.24, 2.45) is 0 Å². The molecule has 0 radical (unpaired) electrons. The highest BCUT2D eigenvalue weighted by atomic mass is 32.2. The van der Waals surface area contributed by atoms with E-state index < -0.39 is 40.1 Å². The van der Waals surface area contributed by atoms with E-state index in [4.69, 9.17) is 0 Å². The van der Waals surface area contributed by atoms with E-state index in [1.165, 1.54) is 39.5 Å². The highest BCUT2D eigenvalue weighted by molar-refractivity contribution is 7.92. The first kappa shape index (κ1) is 49.8. The number of nitrogens with zero attached hydrogens (tertiary/aromatic N) is 9. The predicted octanol–water partition coefficient (Wildman–Crippen LogP) is 6.15. The molecule has 0 unspecified atom stereocenters. The van der Waals surface area contributed by atoms with Gasteiger partial charge in [-0.25, -0.2) is 57.4 Å². The van der Waals surface area contributed by atoms with Crippen LogP contribution in [-0.4, -0.2) is 109 Å². The quantitative estimate of drug-likeness (QED) is 0.117. The van der Waals surface area contributed by atoms with E-state index in [0.29, 0.717) is 70.2 Å². The van der Waals surface area contributed by atoms with E-state index in [2.05, 4.69) is 35.5 Å². The fourth-order valence-electron chi connectivity index (χ4n) is 8.83. The van der Waals surface area contributed by atoms with Crippen LogP contribution in [0.2, 0.25) is 0 Å². The van der Waals surface area contributed by atoms with Crippen molar-refractivity contribution < 1.29 is 33.7 Å². The maximum Gasteiger partial charge on any atom is 0.245 e. The Kier molecular flexibility index (Phi) is 13.5. The van der Waals surface area contributed by atoms with Gasteiger partial charge < -0.3 is 10.6 Å². The molecule has 20 nitrogen and oxygen atoms in total. The predicted molar refractivity (Wildman–Crippen MR) is 282 cm³/mol. The van der Waals surface area contributed by atoms with Gasteiger partial charge in [0.1, 0.15) is 0 Å². The monoisotopic (exact) mass is 1050 g/mol. The maximum atomic E-state index is 12.3. The minimum absolute atomic E-state index is 0.158. The third-order valence-electron chi connectivity index (χ3n) is 12.4. The number of aryl methyl sites for hydroxylation is 2. The third kappa shape index (κ3) is 10.6. The maximum absolute atomic E-state index is 12.3. The van der Waals surface area contributed by atoms with Crippen LogP contribution in [0.1, 0.15) is 29.5 Å². The van der Waals surface area contributed by atoms with Gasteiger partial charge in [-0.2, -0.15) is 0 Å². The Balaban J connectivity index is 0.000000178. The molecule has 24 heteroatoms. The second-order valence-electron chi connectivity index (χ2n) is 17.5. The molecule has 376 valence electrons. The normalized spacial score (nSPS) is 14.1. The summed E-state index contributed by atoms with van der Waals surface area (Å²) >= 11 is 0. The van der Waals surface area contributed by atoms with Gasteiger partial charge in [-0.05, 0) is 104 Å². The van der Waals surface area contributed by atoms with Crippen LogP contribution in [0.3, 0.4) is 0 Å². The first-order valence-electron chi connectivity index (χ1n) is 22.6. The van der Waals surface area contributed by atoms with Crippen molar-refractivity contribution in [2.45, 2.75) is 31.4 Å². The Labute approximate surface area is 418 Å². The van der Waals surface area contributed by atoms with Gasteiger partial charge in [0.2, 0.25) is 52.0 Å². The molecule has 0 saturated carbocycles. The zero-order chi connectivity index (χ0) is 51.2. The second kappa shape index (κ2) is 19.5. The van der Waals surface area contributed by atoms with Crippen molar-refractivity contribution in [3.63, 3.8) is 0 Å². The Hall–Kier alpha value is -7.12. The first-order chi connectivity index (χ1) is 34.2. The summed E-state index contributed by atoms with van der Waals surface area (Å²) < 4.78 is 108. The van der Waals surface area contributed by atoms with Crippen LogP contribution in [0.25, 0.3) is 33.5 Å². The number of aromatic nitrogens is 6. The highest BCUT2D eigenvalue weighted by Crippen LogP contribution is 2.36. The summed E-state index contributed by atoms with van der Waals surface area (Å²) in [6.45, 7) is 0.902. The molecule has 0 fully saturated rings. The smallest absolute Gasteiger partial charge is 0.245 e. The molecule has 4 aromatic heterocycles. The van der Waals surface area contributed by atoms with E-state index in [-0.39, 0.29) is 5.75 Å². The largest absolute Gasteiger partial charge is 0.323 e. The SMILES string of the molecule is CN(c1ccccc1-c1ccc2cnc(Nc3ccc4c(c3)N(S(C)(=O)=O)CCC4)nn12)S(C)(=O)=O.CNS(=O)(=O)Cc1ccccc1-c1ccc2cnc(Nc3ccc4c(c3)N(S(C)(=O)=O)CCC4)nn12. The number of fused-ring (bicyclic) bond motifs is 4. The first-order valence-corrected chi connectivity index (χ1v) is 29.8. The fraction of sp³-hybridized carbons (Fsp3) is 0.250. The second-order valence-corrected chi connectivity index (χ2v) is 25.2. The van der Waals surface area contributed by atoms with E-state index in [9.17, 15) is 33.7 Å². The van der Waals surface area contributed by atoms with Crippen molar-refractivity contribution in [1.29, 1.82) is 0 Å². The molecule has 0 bridgehead atoms. The van der Waals surface area contributed by atoms with E-state index in [0.717, 1.165) is 65.4 Å². The van der Waals surface area contributed by atoms with Gasteiger partial charge in [0.15, 0.2) is 0 Å². The molecule has 0 atom stereocenters. The van der Waals surface area contributed by atoms with Crippen LogP contribution >= 0.6 is 0 Å². The number of para-hydroxylation sites is 1. The lowest BCUT2D eigenvalue weighted by Crippen LogP contribution is -2.34. The van der Waals surface area contributed by atoms with Crippen LogP contribution in [0, 0.1) is 0 Å². The van der Waals surface area contributed by atoms with Gasteiger partial charge >= 0.3 is 0 Å². The van der Waals surface area contributed by atoms with Crippen LogP contribution in [-0.2, 0) is 58.7 Å². The van der Waals surface area contributed by atoms with Crippen molar-refractivity contribution in [3.8, 4) is 22.5 Å². The molecule has 2 aliphatic rings.